The monoisotopic (exact) mass is 336 g/mol. The van der Waals surface area contributed by atoms with Gasteiger partial charge in [-0.3, -0.25) is 15.1 Å². The molecule has 0 fully saturated rings. The molecule has 0 bridgehead atoms. The number of hydrogen-bond acceptors (Lipinski definition) is 7. The highest BCUT2D eigenvalue weighted by Crippen LogP contribution is 2.30. The van der Waals surface area contributed by atoms with Crippen LogP contribution in [0.25, 0.3) is 11.3 Å². The van der Waals surface area contributed by atoms with Gasteiger partial charge in [-0.05, 0) is 18.2 Å². The van der Waals surface area contributed by atoms with Gasteiger partial charge in [-0.2, -0.15) is 5.10 Å². The van der Waals surface area contributed by atoms with Crippen molar-refractivity contribution in [1.29, 1.82) is 0 Å². The van der Waals surface area contributed by atoms with Crippen LogP contribution in [0, 0.1) is 10.1 Å². The average molecular weight is 336 g/mol. The first-order valence-corrected chi connectivity index (χ1v) is 7.11. The molecule has 0 unspecified atom stereocenters. The number of benzene rings is 1. The molecule has 2 heterocycles. The summed E-state index contributed by atoms with van der Waals surface area (Å²) in [5, 5.41) is 18.7. The van der Waals surface area contributed by atoms with Crippen LogP contribution in [0.2, 0.25) is 0 Å². The molecule has 0 aliphatic rings. The fourth-order valence-electron chi connectivity index (χ4n) is 2.04. The van der Waals surface area contributed by atoms with Crippen LogP contribution >= 0.6 is 0 Å². The molecule has 0 amide bonds. The van der Waals surface area contributed by atoms with E-state index in [1.165, 1.54) is 30.9 Å². The number of nitrogens with two attached hydrogens (primary N) is 1. The van der Waals surface area contributed by atoms with Crippen molar-refractivity contribution in [1.82, 2.24) is 9.97 Å². The predicted molar refractivity (Wildman–Crippen MR) is 91.1 cm³/mol. The smallest absolute Gasteiger partial charge is 0.280 e. The Bertz CT molecular complexity index is 949. The van der Waals surface area contributed by atoms with Crippen molar-refractivity contribution in [2.45, 2.75) is 0 Å². The van der Waals surface area contributed by atoms with Crippen LogP contribution < -0.4 is 5.73 Å². The Kier molecular flexibility index (Phi) is 4.56. The summed E-state index contributed by atoms with van der Waals surface area (Å²) in [7, 11) is 0. The molecule has 0 spiro atoms. The van der Waals surface area contributed by atoms with Crippen molar-refractivity contribution >= 4 is 17.7 Å². The minimum absolute atomic E-state index is 0.0368. The Morgan fingerprint density at radius 3 is 2.84 bits per heavy atom. The Labute approximate surface area is 141 Å². The maximum atomic E-state index is 11.1. The van der Waals surface area contributed by atoms with E-state index in [4.69, 9.17) is 10.2 Å². The van der Waals surface area contributed by atoms with E-state index in [0.717, 1.165) is 0 Å². The number of hydrogen-bond donors (Lipinski definition) is 1. The van der Waals surface area contributed by atoms with Crippen LogP contribution in [0.15, 0.2) is 69.6 Å². The molecule has 0 aliphatic carbocycles. The molecule has 0 radical (unpaired) electrons. The topological polar surface area (TPSA) is 133 Å². The van der Waals surface area contributed by atoms with Crippen LogP contribution in [0.1, 0.15) is 11.5 Å². The molecule has 1 aromatic carbocycles. The lowest BCUT2D eigenvalue weighted by molar-refractivity contribution is -0.384. The van der Waals surface area contributed by atoms with Crippen LogP contribution in [0.4, 0.5) is 5.69 Å². The van der Waals surface area contributed by atoms with Gasteiger partial charge in [0.2, 0.25) is 0 Å². The summed E-state index contributed by atoms with van der Waals surface area (Å²) < 4.78 is 5.56. The van der Waals surface area contributed by atoms with Gasteiger partial charge in [-0.1, -0.05) is 12.1 Å². The highest BCUT2D eigenvalue weighted by atomic mass is 16.6. The molecular formula is C16H12N6O3. The zero-order chi connectivity index (χ0) is 17.6. The number of rotatable bonds is 5. The van der Waals surface area contributed by atoms with E-state index >= 15 is 0 Å². The van der Waals surface area contributed by atoms with E-state index in [9.17, 15) is 10.1 Å². The molecular weight excluding hydrogens is 324 g/mol. The number of nitro groups is 1. The molecule has 25 heavy (non-hydrogen) atoms. The lowest BCUT2D eigenvalue weighted by atomic mass is 10.1. The van der Waals surface area contributed by atoms with Gasteiger partial charge in [0.05, 0.1) is 22.9 Å². The molecule has 0 saturated heterocycles. The SMILES string of the molecule is NC(=NN=Cc1ccc(-c2ccccc2[N+](=O)[O-])o1)c1cnccn1. The maximum absolute atomic E-state index is 11.1. The highest BCUT2D eigenvalue weighted by Gasteiger charge is 2.16. The minimum atomic E-state index is -0.461. The van der Waals surface area contributed by atoms with Gasteiger partial charge in [-0.15, -0.1) is 5.10 Å². The van der Waals surface area contributed by atoms with Crippen LogP contribution in [0.5, 0.6) is 0 Å². The number of aromatic nitrogens is 2. The van der Waals surface area contributed by atoms with Gasteiger partial charge in [-0.25, -0.2) is 4.98 Å². The maximum Gasteiger partial charge on any atom is 0.280 e. The quantitative estimate of drug-likeness (QED) is 0.329. The minimum Gasteiger partial charge on any atom is -0.455 e. The van der Waals surface area contributed by atoms with Crippen molar-refractivity contribution < 1.29 is 9.34 Å². The van der Waals surface area contributed by atoms with E-state index in [-0.39, 0.29) is 11.5 Å². The van der Waals surface area contributed by atoms with Crippen molar-refractivity contribution in [3.05, 3.63) is 76.6 Å². The molecule has 124 valence electrons. The summed E-state index contributed by atoms with van der Waals surface area (Å²) in [6.45, 7) is 0. The lowest BCUT2D eigenvalue weighted by Gasteiger charge is -1.98. The Balaban J connectivity index is 1.80. The summed E-state index contributed by atoms with van der Waals surface area (Å²) in [5.74, 6) is 0.846. The van der Waals surface area contributed by atoms with Gasteiger partial charge in [0, 0.05) is 18.5 Å². The van der Waals surface area contributed by atoms with Gasteiger partial charge in [0.1, 0.15) is 17.2 Å². The van der Waals surface area contributed by atoms with E-state index < -0.39 is 4.92 Å². The first kappa shape index (κ1) is 16.0. The lowest BCUT2D eigenvalue weighted by Crippen LogP contribution is -2.14. The number of amidine groups is 1. The molecule has 0 aliphatic heterocycles. The van der Waals surface area contributed by atoms with E-state index in [1.54, 1.807) is 30.3 Å². The first-order valence-electron chi connectivity index (χ1n) is 7.11. The van der Waals surface area contributed by atoms with Crippen molar-refractivity contribution in [2.24, 2.45) is 15.9 Å². The third-order valence-corrected chi connectivity index (χ3v) is 3.17. The van der Waals surface area contributed by atoms with Crippen molar-refractivity contribution in [3.63, 3.8) is 0 Å². The number of furan rings is 1. The van der Waals surface area contributed by atoms with Crippen molar-refractivity contribution in [2.75, 3.05) is 0 Å². The van der Waals surface area contributed by atoms with Crippen LogP contribution in [-0.4, -0.2) is 26.9 Å². The summed E-state index contributed by atoms with van der Waals surface area (Å²) in [5.41, 5.74) is 6.49. The number of para-hydroxylation sites is 1. The zero-order valence-corrected chi connectivity index (χ0v) is 12.8. The van der Waals surface area contributed by atoms with Gasteiger partial charge in [0.25, 0.3) is 5.69 Å². The molecule has 0 saturated carbocycles. The Morgan fingerprint density at radius 2 is 2.08 bits per heavy atom. The molecule has 0 atom stereocenters. The van der Waals surface area contributed by atoms with E-state index in [2.05, 4.69) is 20.2 Å². The van der Waals surface area contributed by atoms with Gasteiger partial charge < -0.3 is 10.2 Å². The third-order valence-electron chi connectivity index (χ3n) is 3.17. The summed E-state index contributed by atoms with van der Waals surface area (Å²) in [4.78, 5) is 18.5. The van der Waals surface area contributed by atoms with E-state index in [1.807, 2.05) is 0 Å². The first-order chi connectivity index (χ1) is 12.1. The molecule has 2 aromatic heterocycles. The van der Waals surface area contributed by atoms with E-state index in [0.29, 0.717) is 22.8 Å². The highest BCUT2D eigenvalue weighted by molar-refractivity contribution is 5.95. The van der Waals surface area contributed by atoms with Crippen molar-refractivity contribution in [3.8, 4) is 11.3 Å². The fraction of sp³-hybridized carbons (Fsp3) is 0. The molecule has 9 heteroatoms. The largest absolute Gasteiger partial charge is 0.455 e. The molecule has 3 rings (SSSR count). The third kappa shape index (κ3) is 3.72. The van der Waals surface area contributed by atoms with Crippen LogP contribution in [0.3, 0.4) is 0 Å². The second-order valence-electron chi connectivity index (χ2n) is 4.80. The number of nitro benzene ring substituents is 1. The van der Waals surface area contributed by atoms with Crippen LogP contribution in [-0.2, 0) is 0 Å². The Morgan fingerprint density at radius 1 is 1.24 bits per heavy atom. The predicted octanol–water partition coefficient (Wildman–Crippen LogP) is 2.38. The fourth-order valence-corrected chi connectivity index (χ4v) is 2.04. The summed E-state index contributed by atoms with van der Waals surface area (Å²) in [6, 6.07) is 9.57. The molecule has 3 aromatic rings. The van der Waals surface area contributed by atoms with Gasteiger partial charge >= 0.3 is 0 Å². The zero-order valence-electron chi connectivity index (χ0n) is 12.8. The summed E-state index contributed by atoms with van der Waals surface area (Å²) in [6.07, 6.45) is 5.83. The number of nitrogens with zero attached hydrogens (tertiary/aromatic N) is 5. The van der Waals surface area contributed by atoms with Gasteiger partial charge in [0.15, 0.2) is 5.84 Å². The second-order valence-corrected chi connectivity index (χ2v) is 4.80. The molecule has 9 nitrogen and oxygen atoms in total. The Hall–Kier alpha value is -3.88. The summed E-state index contributed by atoms with van der Waals surface area (Å²) >= 11 is 0. The standard InChI is InChI=1S/C16H12N6O3/c17-16(13-10-18-7-8-19-13)21-20-9-11-5-6-15(25-11)12-3-1-2-4-14(12)22(23)24/h1-10H,(H2,17,21). The average Bonchev–Trinajstić information content (AvgIpc) is 3.11. The normalized spacial score (nSPS) is 11.8. The second kappa shape index (κ2) is 7.13. The molecule has 2 N–H and O–H groups in total.